The van der Waals surface area contributed by atoms with E-state index in [0.29, 0.717) is 18.3 Å². The average molecular weight is 365 g/mol. The Labute approximate surface area is 158 Å². The van der Waals surface area contributed by atoms with Crippen LogP contribution in [-0.2, 0) is 19.1 Å². The minimum absolute atomic E-state index is 0.0657. The summed E-state index contributed by atoms with van der Waals surface area (Å²) in [7, 11) is 2.95. The van der Waals surface area contributed by atoms with E-state index in [1.807, 2.05) is 0 Å². The second-order valence-electron chi connectivity index (χ2n) is 8.98. The largest absolute Gasteiger partial charge is 0.469 e. The number of carbonyl (C=O) groups is 2. The van der Waals surface area contributed by atoms with Crippen LogP contribution in [0.5, 0.6) is 0 Å². The maximum atomic E-state index is 12.6. The minimum atomic E-state index is -0.405. The van der Waals surface area contributed by atoms with E-state index in [1.165, 1.54) is 19.8 Å². The van der Waals surface area contributed by atoms with Crippen molar-refractivity contribution in [2.75, 3.05) is 14.2 Å². The van der Waals surface area contributed by atoms with Gasteiger partial charge in [0.1, 0.15) is 0 Å². The Morgan fingerprint density at radius 1 is 1.23 bits per heavy atom. The summed E-state index contributed by atoms with van der Waals surface area (Å²) in [6, 6.07) is 0. The normalized spacial score (nSPS) is 35.1. The van der Waals surface area contributed by atoms with Gasteiger partial charge in [0.15, 0.2) is 0 Å². The van der Waals surface area contributed by atoms with E-state index < -0.39 is 5.41 Å². The van der Waals surface area contributed by atoms with Gasteiger partial charge in [-0.25, -0.2) is 0 Å². The molecule has 2 aliphatic rings. The van der Waals surface area contributed by atoms with Crippen LogP contribution in [0.2, 0.25) is 0 Å². The summed E-state index contributed by atoms with van der Waals surface area (Å²) in [6.07, 6.45) is 8.93. The summed E-state index contributed by atoms with van der Waals surface area (Å²) < 4.78 is 9.98. The minimum Gasteiger partial charge on any atom is -0.469 e. The zero-order valence-corrected chi connectivity index (χ0v) is 17.4. The maximum absolute atomic E-state index is 12.6. The van der Waals surface area contributed by atoms with E-state index in [9.17, 15) is 9.59 Å². The molecule has 0 heterocycles. The fraction of sp³-hybridized carbons (Fsp3) is 0.818. The molecule has 26 heavy (non-hydrogen) atoms. The van der Waals surface area contributed by atoms with Crippen LogP contribution < -0.4 is 0 Å². The highest BCUT2D eigenvalue weighted by atomic mass is 16.5. The van der Waals surface area contributed by atoms with E-state index in [1.54, 1.807) is 0 Å². The molecular formula is C22H36O4. The van der Waals surface area contributed by atoms with Crippen molar-refractivity contribution in [3.05, 3.63) is 11.6 Å². The number of rotatable bonds is 6. The molecule has 0 aromatic carbocycles. The van der Waals surface area contributed by atoms with Gasteiger partial charge < -0.3 is 9.47 Å². The fourth-order valence-electron chi connectivity index (χ4n) is 5.20. The van der Waals surface area contributed by atoms with E-state index >= 15 is 0 Å². The quantitative estimate of drug-likeness (QED) is 0.496. The first-order valence-electron chi connectivity index (χ1n) is 10.0. The topological polar surface area (TPSA) is 52.6 Å². The van der Waals surface area contributed by atoms with Gasteiger partial charge >= 0.3 is 11.9 Å². The van der Waals surface area contributed by atoms with Crippen molar-refractivity contribution in [2.45, 2.75) is 72.6 Å². The first-order valence-corrected chi connectivity index (χ1v) is 10.0. The van der Waals surface area contributed by atoms with Gasteiger partial charge in [-0.3, -0.25) is 9.59 Å². The Morgan fingerprint density at radius 3 is 2.54 bits per heavy atom. The molecule has 1 saturated carbocycles. The van der Waals surface area contributed by atoms with Crippen molar-refractivity contribution in [3.8, 4) is 0 Å². The molecule has 0 saturated heterocycles. The molecule has 2 rings (SSSR count). The molecule has 0 spiro atoms. The van der Waals surface area contributed by atoms with Gasteiger partial charge in [0.25, 0.3) is 0 Å². The predicted molar refractivity (Wildman–Crippen MR) is 102 cm³/mol. The van der Waals surface area contributed by atoms with Crippen molar-refractivity contribution in [1.29, 1.82) is 0 Å². The summed E-state index contributed by atoms with van der Waals surface area (Å²) >= 11 is 0. The Hall–Kier alpha value is -1.32. The van der Waals surface area contributed by atoms with Crippen LogP contribution in [0, 0.1) is 28.6 Å². The maximum Gasteiger partial charge on any atom is 0.312 e. The Kier molecular flexibility index (Phi) is 6.57. The van der Waals surface area contributed by atoms with Gasteiger partial charge in [-0.1, -0.05) is 32.4 Å². The van der Waals surface area contributed by atoms with E-state index in [0.717, 1.165) is 38.5 Å². The van der Waals surface area contributed by atoms with Crippen molar-refractivity contribution < 1.29 is 19.1 Å². The van der Waals surface area contributed by atoms with E-state index in [2.05, 4.69) is 33.8 Å². The SMILES string of the molecule is COC(=O)CC(C)CCC1(C)C2=CCCC(C)(C(=O)OC)C2CCC1C. The molecule has 5 atom stereocenters. The van der Waals surface area contributed by atoms with Crippen molar-refractivity contribution >= 4 is 11.9 Å². The van der Waals surface area contributed by atoms with Crippen molar-refractivity contribution in [2.24, 2.45) is 28.6 Å². The van der Waals surface area contributed by atoms with Crippen LogP contribution in [0.1, 0.15) is 72.6 Å². The van der Waals surface area contributed by atoms with Crippen molar-refractivity contribution in [3.63, 3.8) is 0 Å². The fourth-order valence-corrected chi connectivity index (χ4v) is 5.20. The zero-order chi connectivity index (χ0) is 19.5. The smallest absolute Gasteiger partial charge is 0.312 e. The van der Waals surface area contributed by atoms with Gasteiger partial charge in [0.2, 0.25) is 0 Å². The van der Waals surface area contributed by atoms with Gasteiger partial charge in [-0.15, -0.1) is 0 Å². The molecule has 0 N–H and O–H groups in total. The van der Waals surface area contributed by atoms with E-state index in [-0.39, 0.29) is 23.3 Å². The third-order valence-corrected chi connectivity index (χ3v) is 7.36. The molecule has 4 heteroatoms. The highest BCUT2D eigenvalue weighted by molar-refractivity contribution is 5.77. The number of ether oxygens (including phenoxy) is 2. The van der Waals surface area contributed by atoms with Crippen LogP contribution >= 0.6 is 0 Å². The Morgan fingerprint density at radius 2 is 1.92 bits per heavy atom. The molecule has 0 radical (unpaired) electrons. The molecule has 5 unspecified atom stereocenters. The first kappa shape index (κ1) is 21.0. The number of allylic oxidation sites excluding steroid dienone is 2. The van der Waals surface area contributed by atoms with Crippen LogP contribution in [-0.4, -0.2) is 26.2 Å². The van der Waals surface area contributed by atoms with Gasteiger partial charge in [0.05, 0.1) is 19.6 Å². The average Bonchev–Trinajstić information content (AvgIpc) is 2.62. The van der Waals surface area contributed by atoms with Crippen LogP contribution in [0.15, 0.2) is 11.6 Å². The molecule has 148 valence electrons. The summed E-state index contributed by atoms with van der Waals surface area (Å²) in [6.45, 7) is 8.92. The van der Waals surface area contributed by atoms with Crippen LogP contribution in [0.4, 0.5) is 0 Å². The molecular weight excluding hydrogens is 328 g/mol. The second-order valence-corrected chi connectivity index (χ2v) is 8.98. The summed E-state index contributed by atoms with van der Waals surface area (Å²) in [5.41, 5.74) is 1.14. The zero-order valence-electron chi connectivity index (χ0n) is 17.4. The Balaban J connectivity index is 2.20. The van der Waals surface area contributed by atoms with E-state index in [4.69, 9.17) is 9.47 Å². The number of esters is 2. The summed E-state index contributed by atoms with van der Waals surface area (Å²) in [5, 5.41) is 0. The van der Waals surface area contributed by atoms with Gasteiger partial charge in [-0.2, -0.15) is 0 Å². The third-order valence-electron chi connectivity index (χ3n) is 7.36. The molecule has 4 nitrogen and oxygen atoms in total. The lowest BCUT2D eigenvalue weighted by atomic mass is 9.51. The molecule has 0 bridgehead atoms. The lowest BCUT2D eigenvalue weighted by Crippen LogP contribution is -2.47. The monoisotopic (exact) mass is 364 g/mol. The molecule has 0 aromatic heterocycles. The highest BCUT2D eigenvalue weighted by Gasteiger charge is 2.52. The molecule has 0 aliphatic heterocycles. The van der Waals surface area contributed by atoms with Crippen molar-refractivity contribution in [1.82, 2.24) is 0 Å². The Bertz CT molecular complexity index is 566. The predicted octanol–water partition coefficient (Wildman–Crippen LogP) is 4.92. The second kappa shape index (κ2) is 8.14. The summed E-state index contributed by atoms with van der Waals surface area (Å²) in [4.78, 5) is 24.1. The number of carbonyl (C=O) groups excluding carboxylic acids is 2. The van der Waals surface area contributed by atoms with Crippen LogP contribution in [0.3, 0.4) is 0 Å². The van der Waals surface area contributed by atoms with Gasteiger partial charge in [-0.05, 0) is 68.6 Å². The first-order chi connectivity index (χ1) is 12.2. The number of fused-ring (bicyclic) bond motifs is 1. The molecule has 0 aromatic rings. The highest BCUT2D eigenvalue weighted by Crippen LogP contribution is 2.58. The number of methoxy groups -OCH3 is 2. The molecule has 2 aliphatic carbocycles. The third kappa shape index (κ3) is 3.84. The molecule has 0 amide bonds. The van der Waals surface area contributed by atoms with Crippen LogP contribution in [0.25, 0.3) is 0 Å². The summed E-state index contributed by atoms with van der Waals surface area (Å²) in [5.74, 6) is 0.968. The lowest BCUT2D eigenvalue weighted by Gasteiger charge is -2.53. The molecule has 1 fully saturated rings. The lowest BCUT2D eigenvalue weighted by molar-refractivity contribution is -0.156. The standard InChI is InChI=1S/C22H36O4/c1-15(14-19(23)25-5)11-13-21(3)16(2)9-10-18-17(21)8-7-12-22(18,4)20(24)26-6/h8,15-16,18H,7,9-14H2,1-6H3. The number of hydrogen-bond acceptors (Lipinski definition) is 4. The number of hydrogen-bond donors (Lipinski definition) is 0. The van der Waals surface area contributed by atoms with Gasteiger partial charge in [0, 0.05) is 6.42 Å².